The number of nitrogens with zero attached hydrogens (tertiary/aromatic N) is 1. The number of rotatable bonds is 5. The maximum atomic E-state index is 14.1. The van der Waals surface area contributed by atoms with E-state index in [2.05, 4.69) is 0 Å². The number of hydrogen-bond acceptors (Lipinski definition) is 4. The Kier molecular flexibility index (Phi) is 3.95. The average Bonchev–Trinajstić information content (AvgIpc) is 3.10. The Balaban J connectivity index is 2.46. The van der Waals surface area contributed by atoms with Gasteiger partial charge in [0.05, 0.1) is 17.4 Å². The largest absolute Gasteiger partial charge is 0.478 e. The molecule has 5 nitrogen and oxygen atoms in total. The molecule has 0 heterocycles. The molecule has 1 aliphatic carbocycles. The van der Waals surface area contributed by atoms with Crippen LogP contribution in [0, 0.1) is 22.6 Å². The van der Waals surface area contributed by atoms with Gasteiger partial charge in [0, 0.05) is 11.4 Å². The van der Waals surface area contributed by atoms with E-state index in [4.69, 9.17) is 22.0 Å². The van der Waals surface area contributed by atoms with Crippen molar-refractivity contribution in [1.29, 1.82) is 5.26 Å². The summed E-state index contributed by atoms with van der Waals surface area (Å²) in [5, 5.41) is 17.4. The molecule has 0 atom stereocenters. The Labute approximate surface area is 125 Å². The molecule has 1 aromatic rings. The van der Waals surface area contributed by atoms with Gasteiger partial charge in [-0.1, -0.05) is 11.6 Å². The van der Waals surface area contributed by atoms with Crippen LogP contribution in [0.1, 0.15) is 29.6 Å². The van der Waals surface area contributed by atoms with Gasteiger partial charge >= 0.3 is 5.97 Å². The quantitative estimate of drug-likeness (QED) is 0.894. The van der Waals surface area contributed by atoms with Crippen molar-refractivity contribution in [3.63, 3.8) is 0 Å². The van der Waals surface area contributed by atoms with Gasteiger partial charge in [-0.25, -0.2) is 17.6 Å². The Bertz CT molecular complexity index is 750. The number of carbonyl (C=O) groups is 1. The van der Waals surface area contributed by atoms with Crippen LogP contribution < -0.4 is 0 Å². The molecule has 1 aliphatic rings. The fourth-order valence-corrected chi connectivity index (χ4v) is 4.47. The van der Waals surface area contributed by atoms with Crippen molar-refractivity contribution >= 4 is 27.4 Å². The second-order valence-electron chi connectivity index (χ2n) is 5.16. The van der Waals surface area contributed by atoms with Crippen LogP contribution in [0.15, 0.2) is 17.0 Å². The minimum Gasteiger partial charge on any atom is -0.478 e. The molecule has 0 radical (unpaired) electrons. The van der Waals surface area contributed by atoms with Gasteiger partial charge < -0.3 is 5.11 Å². The third kappa shape index (κ3) is 3.17. The first-order chi connectivity index (χ1) is 9.71. The van der Waals surface area contributed by atoms with Gasteiger partial charge in [0.2, 0.25) is 0 Å². The minimum absolute atomic E-state index is 0.0696. The van der Waals surface area contributed by atoms with Crippen molar-refractivity contribution in [3.05, 3.63) is 28.5 Å². The lowest BCUT2D eigenvalue weighted by molar-refractivity contribution is 0.0691. The number of aromatic carboxylic acids is 1. The van der Waals surface area contributed by atoms with Crippen molar-refractivity contribution in [2.75, 3.05) is 5.75 Å². The van der Waals surface area contributed by atoms with Gasteiger partial charge in [0.1, 0.15) is 4.90 Å². The summed E-state index contributed by atoms with van der Waals surface area (Å²) >= 11 is 5.67. The summed E-state index contributed by atoms with van der Waals surface area (Å²) in [4.78, 5) is 10.2. The zero-order chi connectivity index (χ0) is 15.8. The van der Waals surface area contributed by atoms with E-state index >= 15 is 0 Å². The second-order valence-corrected chi connectivity index (χ2v) is 7.56. The van der Waals surface area contributed by atoms with E-state index < -0.39 is 37.5 Å². The number of hydrogen-bond donors (Lipinski definition) is 1. The molecule has 0 saturated heterocycles. The highest BCUT2D eigenvalue weighted by molar-refractivity contribution is 7.91. The SMILES string of the molecule is N#CCC1(CS(=O)(=O)c2cc(Cl)cc(C(=O)O)c2F)CC1. The first-order valence-corrected chi connectivity index (χ1v) is 8.06. The number of carboxylic acids is 1. The van der Waals surface area contributed by atoms with Crippen LogP contribution in [0.3, 0.4) is 0 Å². The van der Waals surface area contributed by atoms with Crippen LogP contribution in [0.2, 0.25) is 5.02 Å². The van der Waals surface area contributed by atoms with Crippen LogP contribution in [0.5, 0.6) is 0 Å². The molecule has 112 valence electrons. The number of halogens is 2. The third-order valence-electron chi connectivity index (χ3n) is 3.48. The van der Waals surface area contributed by atoms with E-state index in [1.54, 1.807) is 0 Å². The number of benzene rings is 1. The van der Waals surface area contributed by atoms with Crippen LogP contribution >= 0.6 is 11.6 Å². The van der Waals surface area contributed by atoms with E-state index in [0.29, 0.717) is 12.8 Å². The van der Waals surface area contributed by atoms with Gasteiger partial charge in [-0.05, 0) is 30.4 Å². The Hall–Kier alpha value is -1.65. The monoisotopic (exact) mass is 331 g/mol. The highest BCUT2D eigenvalue weighted by atomic mass is 35.5. The molecule has 1 N–H and O–H groups in total. The van der Waals surface area contributed by atoms with Crippen molar-refractivity contribution in [2.45, 2.75) is 24.2 Å². The van der Waals surface area contributed by atoms with Crippen molar-refractivity contribution in [1.82, 2.24) is 0 Å². The molecule has 1 saturated carbocycles. The lowest BCUT2D eigenvalue weighted by Crippen LogP contribution is -2.19. The van der Waals surface area contributed by atoms with E-state index in [1.807, 2.05) is 6.07 Å². The fraction of sp³-hybridized carbons (Fsp3) is 0.385. The molecule has 0 bridgehead atoms. The van der Waals surface area contributed by atoms with E-state index in [0.717, 1.165) is 12.1 Å². The van der Waals surface area contributed by atoms with Crippen LogP contribution in [0.4, 0.5) is 4.39 Å². The number of carboxylic acid groups (broad SMARTS) is 1. The molecule has 1 fully saturated rings. The molecule has 0 unspecified atom stereocenters. The zero-order valence-electron chi connectivity index (χ0n) is 10.8. The molecule has 0 amide bonds. The summed E-state index contributed by atoms with van der Waals surface area (Å²) in [6, 6.07) is 3.69. The smallest absolute Gasteiger partial charge is 0.338 e. The first kappa shape index (κ1) is 15.7. The second kappa shape index (κ2) is 5.28. The molecule has 0 spiro atoms. The van der Waals surface area contributed by atoms with Crippen molar-refractivity contribution in [2.24, 2.45) is 5.41 Å². The predicted molar refractivity (Wildman–Crippen MR) is 72.3 cm³/mol. The highest BCUT2D eigenvalue weighted by Crippen LogP contribution is 2.50. The molecule has 8 heteroatoms. The normalized spacial score (nSPS) is 16.2. The lowest BCUT2D eigenvalue weighted by Gasteiger charge is -2.13. The summed E-state index contributed by atoms with van der Waals surface area (Å²) in [6.45, 7) is 0. The molecule has 0 aromatic heterocycles. The van der Waals surface area contributed by atoms with Crippen LogP contribution in [-0.2, 0) is 9.84 Å². The summed E-state index contributed by atoms with van der Waals surface area (Å²) in [5.41, 5.74) is -1.43. The van der Waals surface area contributed by atoms with Crippen LogP contribution in [0.25, 0.3) is 0 Å². The Morgan fingerprint density at radius 3 is 2.57 bits per heavy atom. The number of sulfone groups is 1. The van der Waals surface area contributed by atoms with Crippen molar-refractivity contribution < 1.29 is 22.7 Å². The standard InChI is InChI=1S/C13H11ClFNO4S/c14-8-5-9(12(17)18)11(15)10(6-8)21(19,20)7-13(1-2-13)3-4-16/h5-6H,1-3,7H2,(H,17,18). The molecule has 21 heavy (non-hydrogen) atoms. The minimum atomic E-state index is -4.06. The summed E-state index contributed by atoms with van der Waals surface area (Å²) < 4.78 is 38.7. The van der Waals surface area contributed by atoms with Gasteiger partial charge in [-0.2, -0.15) is 5.26 Å². The van der Waals surface area contributed by atoms with E-state index in [9.17, 15) is 17.6 Å². The topological polar surface area (TPSA) is 95.2 Å². The van der Waals surface area contributed by atoms with Crippen molar-refractivity contribution in [3.8, 4) is 6.07 Å². The highest BCUT2D eigenvalue weighted by Gasteiger charge is 2.47. The average molecular weight is 332 g/mol. The van der Waals surface area contributed by atoms with Gasteiger partial charge in [-0.3, -0.25) is 0 Å². The zero-order valence-corrected chi connectivity index (χ0v) is 12.3. The summed E-state index contributed by atoms with van der Waals surface area (Å²) in [6.07, 6.45) is 1.22. The maximum Gasteiger partial charge on any atom is 0.338 e. The predicted octanol–water partition coefficient (Wildman–Crippen LogP) is 2.64. The van der Waals surface area contributed by atoms with E-state index in [-0.39, 0.29) is 17.2 Å². The molecular weight excluding hydrogens is 321 g/mol. The third-order valence-corrected chi connectivity index (χ3v) is 5.65. The first-order valence-electron chi connectivity index (χ1n) is 6.03. The summed E-state index contributed by atoms with van der Waals surface area (Å²) in [5.74, 6) is -3.30. The molecule has 1 aromatic carbocycles. The van der Waals surface area contributed by atoms with Gasteiger partial charge in [0.25, 0.3) is 0 Å². The van der Waals surface area contributed by atoms with E-state index in [1.165, 1.54) is 0 Å². The number of nitriles is 1. The molecule has 0 aliphatic heterocycles. The Morgan fingerprint density at radius 1 is 1.48 bits per heavy atom. The lowest BCUT2D eigenvalue weighted by atomic mass is 10.1. The maximum absolute atomic E-state index is 14.1. The molecule has 2 rings (SSSR count). The fourth-order valence-electron chi connectivity index (χ4n) is 2.14. The molecular formula is C13H11ClFNO4S. The van der Waals surface area contributed by atoms with Crippen LogP contribution in [-0.4, -0.2) is 25.2 Å². The van der Waals surface area contributed by atoms with Gasteiger partial charge in [-0.15, -0.1) is 0 Å². The Morgan fingerprint density at radius 2 is 2.10 bits per heavy atom. The van der Waals surface area contributed by atoms with Gasteiger partial charge in [0.15, 0.2) is 15.7 Å². The summed E-state index contributed by atoms with van der Waals surface area (Å²) in [7, 11) is -4.06.